The van der Waals surface area contributed by atoms with Crippen molar-refractivity contribution in [3.8, 4) is 0 Å². The van der Waals surface area contributed by atoms with Gasteiger partial charge in [0.2, 0.25) is 0 Å². The third kappa shape index (κ3) is 5.15. The van der Waals surface area contributed by atoms with Crippen molar-refractivity contribution in [1.82, 2.24) is 9.97 Å². The minimum Gasteiger partial charge on any atom is -0.480 e. The number of carboxylic acid groups (broad SMARTS) is 1. The number of thioether (sulfide) groups is 1. The van der Waals surface area contributed by atoms with Crippen LogP contribution in [0.3, 0.4) is 0 Å². The summed E-state index contributed by atoms with van der Waals surface area (Å²) in [6.45, 7) is 7.90. The van der Waals surface area contributed by atoms with Crippen LogP contribution in [0, 0.1) is 13.8 Å². The molecule has 0 saturated carbocycles. The molecule has 27 heavy (non-hydrogen) atoms. The number of nitrogens with zero attached hydrogens (tertiary/aromatic N) is 2. The summed E-state index contributed by atoms with van der Waals surface area (Å²) in [4.78, 5) is 20.6. The Morgan fingerprint density at radius 1 is 1.30 bits per heavy atom. The molecular formula is C19H23BrClN3O2S. The number of anilines is 2. The summed E-state index contributed by atoms with van der Waals surface area (Å²) in [7, 11) is 0. The minimum absolute atomic E-state index is 0.272. The summed E-state index contributed by atoms with van der Waals surface area (Å²) in [5, 5.41) is 13.7. The van der Waals surface area contributed by atoms with Gasteiger partial charge in [0.1, 0.15) is 15.7 Å². The predicted octanol–water partition coefficient (Wildman–Crippen LogP) is 6.38. The zero-order valence-electron chi connectivity index (χ0n) is 15.8. The quantitative estimate of drug-likeness (QED) is 0.264. The highest BCUT2D eigenvalue weighted by Gasteiger charge is 2.38. The lowest BCUT2D eigenvalue weighted by molar-refractivity contribution is -0.140. The smallest absolute Gasteiger partial charge is 0.320 e. The number of aliphatic carboxylic acids is 1. The molecule has 0 aliphatic carbocycles. The maximum atomic E-state index is 11.9. The van der Waals surface area contributed by atoms with Gasteiger partial charge < -0.3 is 10.4 Å². The lowest BCUT2D eigenvalue weighted by Gasteiger charge is -2.26. The third-order valence-corrected chi connectivity index (χ3v) is 7.04. The van der Waals surface area contributed by atoms with Crippen molar-refractivity contribution >= 4 is 56.8 Å². The Morgan fingerprint density at radius 3 is 2.59 bits per heavy atom. The molecule has 0 bridgehead atoms. The molecule has 1 aromatic carbocycles. The van der Waals surface area contributed by atoms with E-state index in [2.05, 4.69) is 31.2 Å². The van der Waals surface area contributed by atoms with Gasteiger partial charge in [0.15, 0.2) is 5.16 Å². The van der Waals surface area contributed by atoms with Gasteiger partial charge in [0.25, 0.3) is 0 Å². The first-order valence-electron chi connectivity index (χ1n) is 8.72. The molecule has 0 radical (unpaired) electrons. The highest BCUT2D eigenvalue weighted by molar-refractivity contribution is 9.10. The van der Waals surface area contributed by atoms with Gasteiger partial charge in [-0.25, -0.2) is 9.97 Å². The molecule has 2 aromatic rings. The van der Waals surface area contributed by atoms with E-state index in [4.69, 9.17) is 11.6 Å². The van der Waals surface area contributed by atoms with E-state index in [9.17, 15) is 9.90 Å². The van der Waals surface area contributed by atoms with E-state index in [0.717, 1.165) is 39.5 Å². The summed E-state index contributed by atoms with van der Waals surface area (Å²) < 4.78 is 0.0807. The molecule has 1 atom stereocenters. The van der Waals surface area contributed by atoms with Gasteiger partial charge in [-0.05, 0) is 49.9 Å². The van der Waals surface area contributed by atoms with Crippen molar-refractivity contribution < 1.29 is 9.90 Å². The van der Waals surface area contributed by atoms with E-state index < -0.39 is 10.7 Å². The number of carbonyl (C=O) groups is 1. The summed E-state index contributed by atoms with van der Waals surface area (Å²) in [6.07, 6.45) is 1.77. The monoisotopic (exact) mass is 471 g/mol. The Balaban J connectivity index is 2.36. The fourth-order valence-electron chi connectivity index (χ4n) is 2.75. The Bertz CT molecular complexity index is 850. The fraction of sp³-hybridized carbons (Fsp3) is 0.421. The molecule has 0 saturated heterocycles. The van der Waals surface area contributed by atoms with E-state index in [0.29, 0.717) is 23.8 Å². The van der Waals surface area contributed by atoms with E-state index in [-0.39, 0.29) is 5.15 Å². The summed E-state index contributed by atoms with van der Waals surface area (Å²) in [5.41, 5.74) is 3.14. The Morgan fingerprint density at radius 2 is 2.00 bits per heavy atom. The first kappa shape index (κ1) is 22.0. The van der Waals surface area contributed by atoms with E-state index in [1.54, 1.807) is 6.07 Å². The normalized spacial score (nSPS) is 13.3. The van der Waals surface area contributed by atoms with Crippen LogP contribution >= 0.6 is 39.3 Å². The zero-order valence-corrected chi connectivity index (χ0v) is 18.9. The van der Waals surface area contributed by atoms with Gasteiger partial charge in [-0.1, -0.05) is 59.6 Å². The highest BCUT2D eigenvalue weighted by Crippen LogP contribution is 2.39. The lowest BCUT2D eigenvalue weighted by Crippen LogP contribution is -2.34. The van der Waals surface area contributed by atoms with Gasteiger partial charge in [-0.2, -0.15) is 0 Å². The maximum absolute atomic E-state index is 11.9. The molecular weight excluding hydrogens is 450 g/mol. The number of halogens is 2. The lowest BCUT2D eigenvalue weighted by atomic mass is 10.00. The summed E-state index contributed by atoms with van der Waals surface area (Å²) in [5.74, 6) is -0.316. The average Bonchev–Trinajstić information content (AvgIpc) is 2.61. The molecule has 0 fully saturated rings. The van der Waals surface area contributed by atoms with Gasteiger partial charge in [-0.15, -0.1) is 0 Å². The first-order valence-corrected chi connectivity index (χ1v) is 10.7. The molecule has 1 heterocycles. The first-order chi connectivity index (χ1) is 12.7. The van der Waals surface area contributed by atoms with Crippen LogP contribution < -0.4 is 5.32 Å². The van der Waals surface area contributed by atoms with Crippen molar-refractivity contribution in [2.24, 2.45) is 0 Å². The van der Waals surface area contributed by atoms with Crippen LogP contribution in [0.1, 0.15) is 44.2 Å². The van der Waals surface area contributed by atoms with E-state index >= 15 is 0 Å². The summed E-state index contributed by atoms with van der Waals surface area (Å²) >= 11 is 10.9. The highest BCUT2D eigenvalue weighted by atomic mass is 79.9. The van der Waals surface area contributed by atoms with Crippen molar-refractivity contribution in [2.45, 2.75) is 56.9 Å². The molecule has 5 nitrogen and oxygen atoms in total. The Kier molecular flexibility index (Phi) is 7.54. The third-order valence-electron chi connectivity index (χ3n) is 4.56. The second-order valence-corrected chi connectivity index (χ2v) is 8.93. The standard InChI is InChI=1S/C19H23BrClN3O2S/c1-5-9-19(6-2,17(25)26)27-18-23-15(21)10-16(24-18)22-14-8-7-13(20)11(3)12(14)4/h7-8,10H,5-6,9H2,1-4H3,(H,25,26)(H,22,23,24). The van der Waals surface area contributed by atoms with E-state index in [1.807, 2.05) is 39.8 Å². The number of hydrogen-bond donors (Lipinski definition) is 2. The van der Waals surface area contributed by atoms with Crippen molar-refractivity contribution in [3.63, 3.8) is 0 Å². The van der Waals surface area contributed by atoms with Crippen LogP contribution in [-0.4, -0.2) is 25.8 Å². The molecule has 8 heteroatoms. The van der Waals surface area contributed by atoms with E-state index in [1.165, 1.54) is 0 Å². The van der Waals surface area contributed by atoms with Crippen LogP contribution in [0.2, 0.25) is 5.15 Å². The molecule has 0 amide bonds. The second-order valence-electron chi connectivity index (χ2n) is 6.33. The van der Waals surface area contributed by atoms with Crippen LogP contribution in [0.4, 0.5) is 11.5 Å². The van der Waals surface area contributed by atoms with Gasteiger partial charge in [0, 0.05) is 16.2 Å². The average molecular weight is 473 g/mol. The molecule has 2 rings (SSSR count). The largest absolute Gasteiger partial charge is 0.480 e. The summed E-state index contributed by atoms with van der Waals surface area (Å²) in [6, 6.07) is 5.56. The predicted molar refractivity (Wildman–Crippen MR) is 115 cm³/mol. The number of aromatic nitrogens is 2. The number of benzene rings is 1. The second kappa shape index (κ2) is 9.26. The maximum Gasteiger partial charge on any atom is 0.320 e. The van der Waals surface area contributed by atoms with Gasteiger partial charge >= 0.3 is 5.97 Å². The minimum atomic E-state index is -0.958. The number of carboxylic acids is 1. The molecule has 1 unspecified atom stereocenters. The van der Waals surface area contributed by atoms with Crippen molar-refractivity contribution in [1.29, 1.82) is 0 Å². The molecule has 146 valence electrons. The van der Waals surface area contributed by atoms with Crippen molar-refractivity contribution in [2.75, 3.05) is 5.32 Å². The molecule has 0 aliphatic heterocycles. The Labute approximate surface area is 177 Å². The van der Waals surface area contributed by atoms with Crippen molar-refractivity contribution in [3.05, 3.63) is 39.0 Å². The number of hydrogen-bond acceptors (Lipinski definition) is 5. The topological polar surface area (TPSA) is 75.1 Å². The molecule has 0 aliphatic rings. The number of nitrogens with one attached hydrogen (secondary N) is 1. The Hall–Kier alpha value is -1.31. The molecule has 2 N–H and O–H groups in total. The SMILES string of the molecule is CCCC(CC)(Sc1nc(Cl)cc(Nc2ccc(Br)c(C)c2C)n1)C(=O)O. The molecule has 0 spiro atoms. The molecule has 1 aromatic heterocycles. The fourth-order valence-corrected chi connectivity index (χ4v) is 4.59. The van der Waals surface area contributed by atoms with Crippen LogP contribution in [0.15, 0.2) is 27.8 Å². The van der Waals surface area contributed by atoms with Crippen LogP contribution in [-0.2, 0) is 4.79 Å². The number of rotatable bonds is 8. The zero-order chi connectivity index (χ0) is 20.2. The van der Waals surface area contributed by atoms with Gasteiger partial charge in [0.05, 0.1) is 0 Å². The van der Waals surface area contributed by atoms with Gasteiger partial charge in [-0.3, -0.25) is 4.79 Å². The van der Waals surface area contributed by atoms with Crippen LogP contribution in [0.5, 0.6) is 0 Å². The van der Waals surface area contributed by atoms with Crippen LogP contribution in [0.25, 0.3) is 0 Å².